The predicted octanol–water partition coefficient (Wildman–Crippen LogP) is 2.09. The molecular formula is C23H25FN4O5. The van der Waals surface area contributed by atoms with Gasteiger partial charge < -0.3 is 20.3 Å². The zero-order valence-electron chi connectivity index (χ0n) is 18.6. The van der Waals surface area contributed by atoms with Crippen LogP contribution in [0.25, 0.3) is 0 Å². The lowest BCUT2D eigenvalue weighted by Crippen LogP contribution is -2.45. The molecule has 2 aromatic rings. The molecule has 0 radical (unpaired) electrons. The van der Waals surface area contributed by atoms with E-state index in [1.54, 1.807) is 31.2 Å². The number of ether oxygens (including phenoxy) is 1. The molecule has 174 valence electrons. The van der Waals surface area contributed by atoms with E-state index in [4.69, 9.17) is 4.74 Å². The molecule has 1 aliphatic rings. The number of urea groups is 1. The monoisotopic (exact) mass is 456 g/mol. The lowest BCUT2D eigenvalue weighted by molar-refractivity contribution is -0.139. The number of nitrogens with one attached hydrogen (secondary N) is 2. The number of amides is 5. The summed E-state index contributed by atoms with van der Waals surface area (Å²) < 4.78 is 18.4. The Kier molecular flexibility index (Phi) is 6.95. The average molecular weight is 456 g/mol. The van der Waals surface area contributed by atoms with E-state index in [1.165, 1.54) is 31.3 Å². The normalized spacial score (nSPS) is 17.5. The lowest BCUT2D eigenvalue weighted by Gasteiger charge is -2.23. The van der Waals surface area contributed by atoms with Crippen LogP contribution in [-0.4, -0.2) is 60.3 Å². The number of imide groups is 1. The number of carbonyl (C=O) groups is 4. The van der Waals surface area contributed by atoms with Gasteiger partial charge in [0.2, 0.25) is 11.8 Å². The first-order valence-corrected chi connectivity index (χ1v) is 10.3. The first kappa shape index (κ1) is 23.7. The molecule has 9 nitrogen and oxygen atoms in total. The molecule has 1 aliphatic heterocycles. The Hall–Kier alpha value is -3.95. The molecule has 2 N–H and O–H groups in total. The summed E-state index contributed by atoms with van der Waals surface area (Å²) in [4.78, 5) is 52.2. The maximum absolute atomic E-state index is 13.0. The first-order valence-electron chi connectivity index (χ1n) is 10.3. The van der Waals surface area contributed by atoms with Gasteiger partial charge in [-0.2, -0.15) is 0 Å². The van der Waals surface area contributed by atoms with E-state index >= 15 is 0 Å². The number of anilines is 1. The van der Waals surface area contributed by atoms with Gasteiger partial charge in [0, 0.05) is 12.7 Å². The number of rotatable bonds is 8. The van der Waals surface area contributed by atoms with Crippen molar-refractivity contribution in [2.45, 2.75) is 19.4 Å². The van der Waals surface area contributed by atoms with Crippen LogP contribution >= 0.6 is 0 Å². The van der Waals surface area contributed by atoms with Crippen molar-refractivity contribution in [1.29, 1.82) is 0 Å². The van der Waals surface area contributed by atoms with Crippen molar-refractivity contribution in [3.63, 3.8) is 0 Å². The quantitative estimate of drug-likeness (QED) is 0.592. The highest BCUT2D eigenvalue weighted by molar-refractivity contribution is 6.09. The molecule has 1 atom stereocenters. The Morgan fingerprint density at radius 3 is 2.36 bits per heavy atom. The Morgan fingerprint density at radius 2 is 1.76 bits per heavy atom. The Morgan fingerprint density at radius 1 is 1.12 bits per heavy atom. The fraction of sp³-hybridized carbons (Fsp3) is 0.304. The van der Waals surface area contributed by atoms with Gasteiger partial charge in [0.25, 0.3) is 5.91 Å². The van der Waals surface area contributed by atoms with Gasteiger partial charge in [0.05, 0.1) is 13.2 Å². The minimum atomic E-state index is -1.33. The number of benzene rings is 2. The Balaban J connectivity index is 1.61. The van der Waals surface area contributed by atoms with Crippen LogP contribution in [0.3, 0.4) is 0 Å². The van der Waals surface area contributed by atoms with E-state index in [1.807, 2.05) is 6.92 Å². The second kappa shape index (κ2) is 9.68. The number of hydrogen-bond donors (Lipinski definition) is 2. The average Bonchev–Trinajstić information content (AvgIpc) is 2.99. The van der Waals surface area contributed by atoms with Crippen molar-refractivity contribution in [3.8, 4) is 5.75 Å². The van der Waals surface area contributed by atoms with Gasteiger partial charge in [0.15, 0.2) is 0 Å². The highest BCUT2D eigenvalue weighted by Crippen LogP contribution is 2.30. The van der Waals surface area contributed by atoms with Crippen molar-refractivity contribution in [2.75, 3.05) is 32.1 Å². The molecule has 2 aromatic carbocycles. The SMILES string of the molecule is CCOc1ccc([C@]2(C)NC(=O)N(CC(=O)N(C)CC(=O)Nc3ccc(F)cc3)C2=O)cc1. The van der Waals surface area contributed by atoms with Crippen molar-refractivity contribution < 1.29 is 28.3 Å². The maximum atomic E-state index is 13.0. The standard InChI is InChI=1S/C23H25FN4O5/c1-4-33-18-11-5-15(6-12-18)23(2)21(31)28(22(32)26-23)14-20(30)27(3)13-19(29)25-17-9-7-16(24)8-10-17/h5-12H,4,13-14H2,1-3H3,(H,25,29)(H,26,32)/t23-/m0/s1. The maximum Gasteiger partial charge on any atom is 0.325 e. The highest BCUT2D eigenvalue weighted by Gasteiger charge is 2.49. The van der Waals surface area contributed by atoms with E-state index < -0.39 is 41.7 Å². The van der Waals surface area contributed by atoms with Crippen LogP contribution in [0.2, 0.25) is 0 Å². The molecule has 1 fully saturated rings. The summed E-state index contributed by atoms with van der Waals surface area (Å²) in [7, 11) is 1.39. The van der Waals surface area contributed by atoms with Gasteiger partial charge in [-0.3, -0.25) is 19.3 Å². The molecule has 1 saturated heterocycles. The van der Waals surface area contributed by atoms with Crippen LogP contribution in [0, 0.1) is 5.82 Å². The van der Waals surface area contributed by atoms with Crippen LogP contribution in [0.15, 0.2) is 48.5 Å². The molecule has 0 spiro atoms. The molecule has 0 aromatic heterocycles. The fourth-order valence-electron chi connectivity index (χ4n) is 3.38. The second-order valence-corrected chi connectivity index (χ2v) is 7.71. The Bertz CT molecular complexity index is 1060. The summed E-state index contributed by atoms with van der Waals surface area (Å²) in [5, 5.41) is 5.18. The molecule has 0 unspecified atom stereocenters. The van der Waals surface area contributed by atoms with Gasteiger partial charge in [-0.05, 0) is 55.8 Å². The highest BCUT2D eigenvalue weighted by atomic mass is 19.1. The van der Waals surface area contributed by atoms with E-state index in [-0.39, 0.29) is 6.54 Å². The van der Waals surface area contributed by atoms with Gasteiger partial charge in [-0.25, -0.2) is 9.18 Å². The number of nitrogens with zero attached hydrogens (tertiary/aromatic N) is 2. The minimum absolute atomic E-state index is 0.310. The van der Waals surface area contributed by atoms with Crippen LogP contribution < -0.4 is 15.4 Å². The zero-order valence-corrected chi connectivity index (χ0v) is 18.6. The number of halogens is 1. The molecule has 0 saturated carbocycles. The molecular weight excluding hydrogens is 431 g/mol. The lowest BCUT2D eigenvalue weighted by atomic mass is 9.92. The molecule has 10 heteroatoms. The molecule has 0 bridgehead atoms. The topological polar surface area (TPSA) is 108 Å². The van der Waals surface area contributed by atoms with Crippen LogP contribution in [0.4, 0.5) is 14.9 Å². The summed E-state index contributed by atoms with van der Waals surface area (Å²) in [5.74, 6) is -1.48. The fourth-order valence-corrected chi connectivity index (χ4v) is 3.38. The number of likely N-dealkylation sites (N-methyl/N-ethyl adjacent to an activating group) is 1. The van der Waals surface area contributed by atoms with Gasteiger partial charge >= 0.3 is 6.03 Å². The predicted molar refractivity (Wildman–Crippen MR) is 118 cm³/mol. The largest absolute Gasteiger partial charge is 0.494 e. The minimum Gasteiger partial charge on any atom is -0.494 e. The molecule has 1 heterocycles. The summed E-state index contributed by atoms with van der Waals surface area (Å²) in [5.41, 5.74) is -0.408. The van der Waals surface area contributed by atoms with E-state index in [9.17, 15) is 23.6 Å². The molecule has 33 heavy (non-hydrogen) atoms. The van der Waals surface area contributed by atoms with E-state index in [2.05, 4.69) is 10.6 Å². The molecule has 0 aliphatic carbocycles. The van der Waals surface area contributed by atoms with Crippen LogP contribution in [0.5, 0.6) is 5.75 Å². The van der Waals surface area contributed by atoms with Gasteiger partial charge in [-0.1, -0.05) is 12.1 Å². The van der Waals surface area contributed by atoms with Gasteiger partial charge in [-0.15, -0.1) is 0 Å². The summed E-state index contributed by atoms with van der Waals surface area (Å²) in [6.45, 7) is 3.09. The zero-order chi connectivity index (χ0) is 24.2. The van der Waals surface area contributed by atoms with E-state index in [0.717, 1.165) is 9.80 Å². The third-order valence-corrected chi connectivity index (χ3v) is 5.25. The van der Waals surface area contributed by atoms with Gasteiger partial charge in [0.1, 0.15) is 23.7 Å². The molecule has 3 rings (SSSR count). The van der Waals surface area contributed by atoms with E-state index in [0.29, 0.717) is 23.6 Å². The van der Waals surface area contributed by atoms with Crippen molar-refractivity contribution >= 4 is 29.4 Å². The third-order valence-electron chi connectivity index (χ3n) is 5.25. The number of hydrogen-bond acceptors (Lipinski definition) is 5. The smallest absolute Gasteiger partial charge is 0.325 e. The summed E-state index contributed by atoms with van der Waals surface area (Å²) in [6, 6.07) is 11.2. The number of carbonyl (C=O) groups excluding carboxylic acids is 4. The van der Waals surface area contributed by atoms with Crippen LogP contribution in [0.1, 0.15) is 19.4 Å². The Labute approximate surface area is 190 Å². The van der Waals surface area contributed by atoms with Crippen molar-refractivity contribution in [3.05, 3.63) is 59.9 Å². The van der Waals surface area contributed by atoms with Crippen LogP contribution in [-0.2, 0) is 19.9 Å². The second-order valence-electron chi connectivity index (χ2n) is 7.71. The first-order chi connectivity index (χ1) is 15.6. The molecule has 5 amide bonds. The van der Waals surface area contributed by atoms with Crippen molar-refractivity contribution in [1.82, 2.24) is 15.1 Å². The summed E-state index contributed by atoms with van der Waals surface area (Å²) >= 11 is 0. The summed E-state index contributed by atoms with van der Waals surface area (Å²) in [6.07, 6.45) is 0. The third kappa shape index (κ3) is 5.28. The van der Waals surface area contributed by atoms with Crippen molar-refractivity contribution in [2.24, 2.45) is 0 Å².